The molecule has 1 aromatic carbocycles. The van der Waals surface area contributed by atoms with Gasteiger partial charge in [0, 0.05) is 6.54 Å². The van der Waals surface area contributed by atoms with E-state index in [2.05, 4.69) is 5.32 Å². The van der Waals surface area contributed by atoms with Crippen LogP contribution in [0.2, 0.25) is 0 Å². The summed E-state index contributed by atoms with van der Waals surface area (Å²) in [6.07, 6.45) is -4.42. The van der Waals surface area contributed by atoms with Gasteiger partial charge < -0.3 is 10.2 Å². The number of nitrogens with zero attached hydrogens (tertiary/aromatic N) is 1. The van der Waals surface area contributed by atoms with Gasteiger partial charge in [0.1, 0.15) is 6.04 Å². The molecule has 7 heteroatoms. The molecule has 0 aliphatic carbocycles. The Balaban J connectivity index is 2.17. The molecule has 108 valence electrons. The summed E-state index contributed by atoms with van der Waals surface area (Å²) in [6.45, 7) is 1.39. The molecule has 1 fully saturated rings. The second-order valence-corrected chi connectivity index (χ2v) is 4.68. The first-order valence-electron chi connectivity index (χ1n) is 6.01. The second kappa shape index (κ2) is 5.15. The van der Waals surface area contributed by atoms with Crippen molar-refractivity contribution in [3.63, 3.8) is 0 Å². The molecule has 1 atom stereocenters. The molecule has 0 saturated carbocycles. The molecule has 2 amide bonds. The number of alkyl halides is 3. The van der Waals surface area contributed by atoms with E-state index in [-0.39, 0.29) is 24.9 Å². The van der Waals surface area contributed by atoms with Crippen molar-refractivity contribution in [3.8, 4) is 0 Å². The standard InChI is InChI=1S/C13H13F3N2O2/c1-8-12(20)18(7-11(19)17-8)6-9-3-2-4-10(5-9)13(14,15)16/h2-5,8H,6-7H2,1H3,(H,17,19). The smallest absolute Gasteiger partial charge is 0.343 e. The van der Waals surface area contributed by atoms with Gasteiger partial charge in [0.05, 0.1) is 12.1 Å². The maximum absolute atomic E-state index is 12.6. The van der Waals surface area contributed by atoms with Crippen molar-refractivity contribution in [1.29, 1.82) is 0 Å². The van der Waals surface area contributed by atoms with Crippen molar-refractivity contribution >= 4 is 11.8 Å². The fourth-order valence-corrected chi connectivity index (χ4v) is 2.07. The maximum atomic E-state index is 12.6. The van der Waals surface area contributed by atoms with E-state index < -0.39 is 17.8 Å². The fourth-order valence-electron chi connectivity index (χ4n) is 2.07. The minimum Gasteiger partial charge on any atom is -0.343 e. The van der Waals surface area contributed by atoms with Gasteiger partial charge >= 0.3 is 6.18 Å². The lowest BCUT2D eigenvalue weighted by molar-refractivity contribution is -0.144. The van der Waals surface area contributed by atoms with Crippen LogP contribution in [0.5, 0.6) is 0 Å². The highest BCUT2D eigenvalue weighted by Gasteiger charge is 2.32. The number of rotatable bonds is 2. The molecule has 0 aromatic heterocycles. The first-order chi connectivity index (χ1) is 9.27. The molecule has 0 bridgehead atoms. The number of halogens is 3. The van der Waals surface area contributed by atoms with Crippen LogP contribution in [0.3, 0.4) is 0 Å². The SMILES string of the molecule is CC1NC(=O)CN(Cc2cccc(C(F)(F)F)c2)C1=O. The molecule has 4 nitrogen and oxygen atoms in total. The van der Waals surface area contributed by atoms with Crippen molar-refractivity contribution in [1.82, 2.24) is 10.2 Å². The molecule has 1 aliphatic heterocycles. The average molecular weight is 286 g/mol. The first-order valence-corrected chi connectivity index (χ1v) is 6.01. The molecular formula is C13H13F3N2O2. The van der Waals surface area contributed by atoms with Gasteiger partial charge in [-0.25, -0.2) is 0 Å². The Morgan fingerprint density at radius 2 is 2.05 bits per heavy atom. The van der Waals surface area contributed by atoms with Crippen LogP contribution < -0.4 is 5.32 Å². The molecule has 1 heterocycles. The summed E-state index contributed by atoms with van der Waals surface area (Å²) in [5, 5.41) is 2.47. The predicted octanol–water partition coefficient (Wildman–Crippen LogP) is 1.55. The third kappa shape index (κ3) is 3.09. The molecule has 1 aliphatic rings. The third-order valence-electron chi connectivity index (χ3n) is 3.02. The van der Waals surface area contributed by atoms with E-state index in [1.165, 1.54) is 17.0 Å². The minimum atomic E-state index is -4.42. The van der Waals surface area contributed by atoms with Crippen molar-refractivity contribution < 1.29 is 22.8 Å². The summed E-state index contributed by atoms with van der Waals surface area (Å²) in [6, 6.07) is 4.10. The molecule has 0 spiro atoms. The molecule has 2 rings (SSSR count). The van der Waals surface area contributed by atoms with E-state index in [4.69, 9.17) is 0 Å². The Labute approximate surface area is 113 Å². The zero-order valence-corrected chi connectivity index (χ0v) is 10.7. The van der Waals surface area contributed by atoms with E-state index in [1.54, 1.807) is 6.92 Å². The van der Waals surface area contributed by atoms with Gasteiger partial charge in [-0.3, -0.25) is 9.59 Å². The van der Waals surface area contributed by atoms with Crippen LogP contribution in [0.1, 0.15) is 18.1 Å². The van der Waals surface area contributed by atoms with Gasteiger partial charge in [-0.2, -0.15) is 13.2 Å². The number of amides is 2. The molecule has 0 radical (unpaired) electrons. The highest BCUT2D eigenvalue weighted by molar-refractivity contribution is 5.94. The number of carbonyl (C=O) groups excluding carboxylic acids is 2. The maximum Gasteiger partial charge on any atom is 0.416 e. The molecule has 1 aromatic rings. The fraction of sp³-hybridized carbons (Fsp3) is 0.385. The number of piperazine rings is 1. The lowest BCUT2D eigenvalue weighted by atomic mass is 10.1. The van der Waals surface area contributed by atoms with E-state index in [0.29, 0.717) is 5.56 Å². The predicted molar refractivity (Wildman–Crippen MR) is 64.5 cm³/mol. The Hall–Kier alpha value is -2.05. The summed E-state index contributed by atoms with van der Waals surface area (Å²) in [5.74, 6) is -0.619. The second-order valence-electron chi connectivity index (χ2n) is 4.68. The Bertz CT molecular complexity index is 543. The minimum absolute atomic E-state index is 0.0134. The largest absolute Gasteiger partial charge is 0.416 e. The van der Waals surface area contributed by atoms with Crippen LogP contribution in [0.15, 0.2) is 24.3 Å². The Morgan fingerprint density at radius 1 is 1.35 bits per heavy atom. The third-order valence-corrected chi connectivity index (χ3v) is 3.02. The van der Waals surface area contributed by atoms with Crippen LogP contribution in [0.25, 0.3) is 0 Å². The summed E-state index contributed by atoms with van der Waals surface area (Å²) >= 11 is 0. The highest BCUT2D eigenvalue weighted by Crippen LogP contribution is 2.29. The zero-order valence-electron chi connectivity index (χ0n) is 10.7. The Kier molecular flexibility index (Phi) is 3.69. The van der Waals surface area contributed by atoms with E-state index in [1.807, 2.05) is 0 Å². The van der Waals surface area contributed by atoms with Gasteiger partial charge in [-0.15, -0.1) is 0 Å². The number of nitrogens with one attached hydrogen (secondary N) is 1. The molecular weight excluding hydrogens is 273 g/mol. The summed E-state index contributed by atoms with van der Waals surface area (Å²) < 4.78 is 37.8. The van der Waals surface area contributed by atoms with Crippen LogP contribution >= 0.6 is 0 Å². The molecule has 1 N–H and O–H groups in total. The van der Waals surface area contributed by atoms with E-state index in [9.17, 15) is 22.8 Å². The highest BCUT2D eigenvalue weighted by atomic mass is 19.4. The lowest BCUT2D eigenvalue weighted by Crippen LogP contribution is -2.56. The van der Waals surface area contributed by atoms with Crippen molar-refractivity contribution in [2.24, 2.45) is 0 Å². The molecule has 1 unspecified atom stereocenters. The normalized spacial score (nSPS) is 20.0. The van der Waals surface area contributed by atoms with Crippen LogP contribution in [0, 0.1) is 0 Å². The van der Waals surface area contributed by atoms with Gasteiger partial charge in [-0.05, 0) is 24.6 Å². The quantitative estimate of drug-likeness (QED) is 0.897. The monoisotopic (exact) mass is 286 g/mol. The van der Waals surface area contributed by atoms with Crippen LogP contribution in [0.4, 0.5) is 13.2 Å². The number of hydrogen-bond donors (Lipinski definition) is 1. The van der Waals surface area contributed by atoms with E-state index >= 15 is 0 Å². The van der Waals surface area contributed by atoms with Gasteiger partial charge in [0.25, 0.3) is 0 Å². The van der Waals surface area contributed by atoms with E-state index in [0.717, 1.165) is 12.1 Å². The number of carbonyl (C=O) groups is 2. The van der Waals surface area contributed by atoms with Gasteiger partial charge in [0.2, 0.25) is 11.8 Å². The number of benzene rings is 1. The van der Waals surface area contributed by atoms with Crippen molar-refractivity contribution in [3.05, 3.63) is 35.4 Å². The van der Waals surface area contributed by atoms with Gasteiger partial charge in [0.15, 0.2) is 0 Å². The lowest BCUT2D eigenvalue weighted by Gasteiger charge is -2.30. The van der Waals surface area contributed by atoms with Crippen LogP contribution in [-0.2, 0) is 22.3 Å². The van der Waals surface area contributed by atoms with Gasteiger partial charge in [-0.1, -0.05) is 12.1 Å². The van der Waals surface area contributed by atoms with Crippen LogP contribution in [-0.4, -0.2) is 29.3 Å². The topological polar surface area (TPSA) is 49.4 Å². The average Bonchev–Trinajstić information content (AvgIpc) is 2.35. The summed E-state index contributed by atoms with van der Waals surface area (Å²) in [4.78, 5) is 24.5. The zero-order chi connectivity index (χ0) is 14.9. The first kappa shape index (κ1) is 14.4. The summed E-state index contributed by atoms with van der Waals surface area (Å²) in [7, 11) is 0. The molecule has 1 saturated heterocycles. The van der Waals surface area contributed by atoms with Crippen molar-refractivity contribution in [2.75, 3.05) is 6.54 Å². The number of hydrogen-bond acceptors (Lipinski definition) is 2. The van der Waals surface area contributed by atoms with Crippen molar-refractivity contribution in [2.45, 2.75) is 25.7 Å². The summed E-state index contributed by atoms with van der Waals surface area (Å²) in [5.41, 5.74) is -0.424. The Morgan fingerprint density at radius 3 is 2.70 bits per heavy atom. The molecule has 20 heavy (non-hydrogen) atoms.